The van der Waals surface area contributed by atoms with Gasteiger partial charge in [0, 0.05) is 36.7 Å². The van der Waals surface area contributed by atoms with E-state index in [2.05, 4.69) is 5.32 Å². The highest BCUT2D eigenvalue weighted by molar-refractivity contribution is 5.96. The Bertz CT molecular complexity index is 1030. The second-order valence-corrected chi connectivity index (χ2v) is 8.74. The molecule has 0 spiro atoms. The molecule has 1 unspecified atom stereocenters. The summed E-state index contributed by atoms with van der Waals surface area (Å²) in [6.07, 6.45) is 3.04. The second kappa shape index (κ2) is 9.22. The van der Waals surface area contributed by atoms with Gasteiger partial charge in [-0.05, 0) is 57.9 Å². The second-order valence-electron chi connectivity index (χ2n) is 8.74. The van der Waals surface area contributed by atoms with Crippen molar-refractivity contribution >= 4 is 23.4 Å². The molecule has 1 aromatic carbocycles. The molecule has 0 aliphatic carbocycles. The molecule has 1 aliphatic rings. The molecular formula is C23H29N5O4. The SMILES string of the molecule is COC(=O)c1c(N)c(C#N)cn1-c1ccc(NC2CCCN(C(=O)OC(C)(C)C)C2)cc1. The van der Waals surface area contributed by atoms with Crippen LogP contribution in [-0.4, -0.2) is 53.4 Å². The fraction of sp³-hybridized carbons (Fsp3) is 0.435. The molecular weight excluding hydrogens is 410 g/mol. The topological polar surface area (TPSA) is 123 Å². The smallest absolute Gasteiger partial charge is 0.410 e. The predicted octanol–water partition coefficient (Wildman–Crippen LogP) is 3.53. The van der Waals surface area contributed by atoms with Crippen LogP contribution >= 0.6 is 0 Å². The molecule has 1 fully saturated rings. The summed E-state index contributed by atoms with van der Waals surface area (Å²) in [6, 6.07) is 9.49. The van der Waals surface area contributed by atoms with Crippen molar-refractivity contribution in [2.45, 2.75) is 45.3 Å². The molecule has 1 aromatic heterocycles. The van der Waals surface area contributed by atoms with E-state index in [-0.39, 0.29) is 29.1 Å². The molecule has 2 aromatic rings. The number of ether oxygens (including phenoxy) is 2. The Kier molecular flexibility index (Phi) is 6.63. The zero-order valence-corrected chi connectivity index (χ0v) is 18.8. The van der Waals surface area contributed by atoms with Crippen molar-refractivity contribution in [3.05, 3.63) is 41.7 Å². The van der Waals surface area contributed by atoms with Gasteiger partial charge < -0.3 is 30.0 Å². The summed E-state index contributed by atoms with van der Waals surface area (Å²) in [4.78, 5) is 26.3. The number of esters is 1. The summed E-state index contributed by atoms with van der Waals surface area (Å²) in [5.74, 6) is -0.615. The van der Waals surface area contributed by atoms with Crippen molar-refractivity contribution in [1.29, 1.82) is 5.26 Å². The predicted molar refractivity (Wildman–Crippen MR) is 121 cm³/mol. The number of carbonyl (C=O) groups excluding carboxylic acids is 2. The number of aromatic nitrogens is 1. The summed E-state index contributed by atoms with van der Waals surface area (Å²) in [5, 5.41) is 12.7. The van der Waals surface area contributed by atoms with Crippen LogP contribution in [0.25, 0.3) is 5.69 Å². The highest BCUT2D eigenvalue weighted by Gasteiger charge is 2.27. The molecule has 3 rings (SSSR count). The monoisotopic (exact) mass is 439 g/mol. The normalized spacial score (nSPS) is 16.2. The molecule has 32 heavy (non-hydrogen) atoms. The molecule has 0 bridgehead atoms. The molecule has 9 heteroatoms. The van der Waals surface area contributed by atoms with Crippen LogP contribution in [0.3, 0.4) is 0 Å². The van der Waals surface area contributed by atoms with Crippen LogP contribution < -0.4 is 11.1 Å². The highest BCUT2D eigenvalue weighted by atomic mass is 16.6. The van der Waals surface area contributed by atoms with E-state index in [1.807, 2.05) is 51.1 Å². The van der Waals surface area contributed by atoms with Gasteiger partial charge in [-0.15, -0.1) is 0 Å². The third kappa shape index (κ3) is 5.14. The van der Waals surface area contributed by atoms with Crippen LogP contribution in [-0.2, 0) is 9.47 Å². The number of rotatable bonds is 4. The van der Waals surface area contributed by atoms with Crippen molar-refractivity contribution < 1.29 is 19.1 Å². The van der Waals surface area contributed by atoms with E-state index in [4.69, 9.17) is 15.2 Å². The van der Waals surface area contributed by atoms with E-state index >= 15 is 0 Å². The molecule has 170 valence electrons. The number of amides is 1. The number of methoxy groups -OCH3 is 1. The average molecular weight is 440 g/mol. The number of nitrogens with one attached hydrogen (secondary N) is 1. The van der Waals surface area contributed by atoms with Crippen LogP contribution in [0.2, 0.25) is 0 Å². The van der Waals surface area contributed by atoms with Gasteiger partial charge in [0.25, 0.3) is 0 Å². The number of carbonyl (C=O) groups is 2. The van der Waals surface area contributed by atoms with Gasteiger partial charge in [0.05, 0.1) is 18.4 Å². The van der Waals surface area contributed by atoms with E-state index < -0.39 is 11.6 Å². The Morgan fingerprint density at radius 2 is 1.94 bits per heavy atom. The first-order valence-electron chi connectivity index (χ1n) is 10.5. The molecule has 1 saturated heterocycles. The molecule has 0 saturated carbocycles. The van der Waals surface area contributed by atoms with Gasteiger partial charge in [0.1, 0.15) is 11.7 Å². The third-order valence-electron chi connectivity index (χ3n) is 5.13. The quantitative estimate of drug-likeness (QED) is 0.699. The molecule has 9 nitrogen and oxygen atoms in total. The highest BCUT2D eigenvalue weighted by Crippen LogP contribution is 2.26. The number of hydrogen-bond donors (Lipinski definition) is 2. The Balaban J connectivity index is 1.73. The van der Waals surface area contributed by atoms with E-state index in [0.29, 0.717) is 18.8 Å². The van der Waals surface area contributed by atoms with E-state index in [9.17, 15) is 14.9 Å². The first-order chi connectivity index (χ1) is 15.1. The zero-order valence-electron chi connectivity index (χ0n) is 18.8. The maximum atomic E-state index is 12.4. The van der Waals surface area contributed by atoms with E-state index in [0.717, 1.165) is 18.5 Å². The number of nitrogens with zero attached hydrogens (tertiary/aromatic N) is 3. The Labute approximate surface area is 187 Å². The Morgan fingerprint density at radius 1 is 1.25 bits per heavy atom. The zero-order chi connectivity index (χ0) is 23.5. The van der Waals surface area contributed by atoms with Gasteiger partial charge in [0.15, 0.2) is 5.69 Å². The first kappa shape index (κ1) is 23.0. The summed E-state index contributed by atoms with van der Waals surface area (Å²) in [7, 11) is 1.27. The lowest BCUT2D eigenvalue weighted by atomic mass is 10.1. The number of hydrogen-bond acceptors (Lipinski definition) is 7. The van der Waals surface area contributed by atoms with Gasteiger partial charge >= 0.3 is 12.1 Å². The summed E-state index contributed by atoms with van der Waals surface area (Å²) >= 11 is 0. The molecule has 1 amide bonds. The molecule has 0 radical (unpaired) electrons. The Hall–Kier alpha value is -3.67. The standard InChI is InChI=1S/C23H29N5O4/c1-23(2,3)32-22(30)27-11-5-6-17(14-27)26-16-7-9-18(10-8-16)28-13-15(12-24)19(25)20(28)21(29)31-4/h7-10,13,17,26H,5-6,11,14,25H2,1-4H3. The molecule has 1 atom stereocenters. The van der Waals surface area contributed by atoms with E-state index in [1.54, 1.807) is 9.47 Å². The third-order valence-corrected chi connectivity index (χ3v) is 5.13. The van der Waals surface area contributed by atoms with Crippen LogP contribution in [0.4, 0.5) is 16.2 Å². The maximum absolute atomic E-state index is 12.4. The minimum atomic E-state index is -0.615. The molecule has 1 aliphatic heterocycles. The lowest BCUT2D eigenvalue weighted by Gasteiger charge is -2.34. The lowest BCUT2D eigenvalue weighted by Crippen LogP contribution is -2.46. The number of likely N-dealkylation sites (tertiary alicyclic amines) is 1. The number of piperidine rings is 1. The Morgan fingerprint density at radius 3 is 2.53 bits per heavy atom. The van der Waals surface area contributed by atoms with Crippen molar-refractivity contribution in [2.75, 3.05) is 31.2 Å². The van der Waals surface area contributed by atoms with Gasteiger partial charge in [-0.2, -0.15) is 5.26 Å². The first-order valence-corrected chi connectivity index (χ1v) is 10.5. The molecule has 3 N–H and O–H groups in total. The minimum Gasteiger partial charge on any atom is -0.464 e. The number of nitrogen functional groups attached to an aromatic ring is 1. The van der Waals surface area contributed by atoms with Crippen LogP contribution in [0, 0.1) is 11.3 Å². The van der Waals surface area contributed by atoms with E-state index in [1.165, 1.54) is 13.3 Å². The van der Waals surface area contributed by atoms with Crippen molar-refractivity contribution in [2.24, 2.45) is 0 Å². The van der Waals surface area contributed by atoms with Gasteiger partial charge in [-0.3, -0.25) is 0 Å². The summed E-state index contributed by atoms with van der Waals surface area (Å²) in [5.41, 5.74) is 7.39. The van der Waals surface area contributed by atoms with Crippen molar-refractivity contribution in [1.82, 2.24) is 9.47 Å². The maximum Gasteiger partial charge on any atom is 0.410 e. The minimum absolute atomic E-state index is 0.0889. The fourth-order valence-corrected chi connectivity index (χ4v) is 3.66. The lowest BCUT2D eigenvalue weighted by molar-refractivity contribution is 0.0206. The number of anilines is 2. The van der Waals surface area contributed by atoms with Crippen molar-refractivity contribution in [3.8, 4) is 11.8 Å². The largest absolute Gasteiger partial charge is 0.464 e. The number of benzene rings is 1. The average Bonchev–Trinajstić information content (AvgIpc) is 3.09. The van der Waals surface area contributed by atoms with Crippen LogP contribution in [0.1, 0.15) is 49.7 Å². The van der Waals surface area contributed by atoms with Gasteiger partial charge in [-0.1, -0.05) is 0 Å². The van der Waals surface area contributed by atoms with Crippen LogP contribution in [0.15, 0.2) is 30.5 Å². The van der Waals surface area contributed by atoms with Gasteiger partial charge in [0.2, 0.25) is 0 Å². The van der Waals surface area contributed by atoms with Crippen molar-refractivity contribution in [3.63, 3.8) is 0 Å². The number of nitriles is 1. The summed E-state index contributed by atoms with van der Waals surface area (Å²) in [6.45, 7) is 6.81. The molecule has 2 heterocycles. The van der Waals surface area contributed by atoms with Gasteiger partial charge in [-0.25, -0.2) is 9.59 Å². The summed E-state index contributed by atoms with van der Waals surface area (Å²) < 4.78 is 11.9. The van der Waals surface area contributed by atoms with Crippen LogP contribution in [0.5, 0.6) is 0 Å². The number of nitrogens with two attached hydrogens (primary N) is 1. The fourth-order valence-electron chi connectivity index (χ4n) is 3.66.